The van der Waals surface area contributed by atoms with E-state index in [-0.39, 0.29) is 17.4 Å². The zero-order valence-electron chi connectivity index (χ0n) is 14.9. The molecule has 130 valence electrons. The Kier molecular flexibility index (Phi) is 5.72. The molecule has 1 heterocycles. The van der Waals surface area contributed by atoms with Gasteiger partial charge in [0, 0.05) is 12.5 Å². The highest BCUT2D eigenvalue weighted by Gasteiger charge is 2.24. The fourth-order valence-electron chi connectivity index (χ4n) is 2.23. The predicted molar refractivity (Wildman–Crippen MR) is 91.9 cm³/mol. The van der Waals surface area contributed by atoms with Crippen LogP contribution in [0.15, 0.2) is 28.8 Å². The summed E-state index contributed by atoms with van der Waals surface area (Å²) >= 11 is 0. The number of amides is 1. The summed E-state index contributed by atoms with van der Waals surface area (Å²) in [5.41, 5.74) is 0.923. The van der Waals surface area contributed by atoms with Crippen molar-refractivity contribution in [3.63, 3.8) is 0 Å². The van der Waals surface area contributed by atoms with Crippen LogP contribution in [0, 0.1) is 0 Å². The Labute approximate surface area is 142 Å². The van der Waals surface area contributed by atoms with Gasteiger partial charge < -0.3 is 14.6 Å². The number of rotatable bonds is 6. The molecule has 0 radical (unpaired) electrons. The first-order valence-electron chi connectivity index (χ1n) is 8.10. The fourth-order valence-corrected chi connectivity index (χ4v) is 2.23. The molecule has 2 aromatic rings. The zero-order valence-corrected chi connectivity index (χ0v) is 14.9. The molecule has 6 nitrogen and oxygen atoms in total. The van der Waals surface area contributed by atoms with Crippen LogP contribution < -0.4 is 5.32 Å². The van der Waals surface area contributed by atoms with E-state index in [1.807, 2.05) is 45.9 Å². The van der Waals surface area contributed by atoms with Crippen molar-refractivity contribution >= 4 is 5.91 Å². The summed E-state index contributed by atoms with van der Waals surface area (Å²) in [4.78, 5) is 17.1. The third-order valence-electron chi connectivity index (χ3n) is 3.69. The molecule has 0 bridgehead atoms. The molecule has 6 heteroatoms. The average molecular weight is 331 g/mol. The second-order valence-electron chi connectivity index (χ2n) is 6.75. The lowest BCUT2D eigenvalue weighted by Crippen LogP contribution is -2.37. The molecular formula is C18H25N3O3. The standard InChI is InChI=1S/C18H25N3O3/c1-6-12(11-23-5)19-15(22)13-9-7-8-10-14(13)16-20-17(21-24-16)18(2,3)4/h7-10,12H,6,11H2,1-5H3,(H,19,22)/t12-/m0/s1. The van der Waals surface area contributed by atoms with Gasteiger partial charge in [-0.15, -0.1) is 0 Å². The quantitative estimate of drug-likeness (QED) is 0.879. The molecule has 24 heavy (non-hydrogen) atoms. The molecule has 1 aromatic carbocycles. The number of nitrogens with zero attached hydrogens (tertiary/aromatic N) is 2. The monoisotopic (exact) mass is 331 g/mol. The number of benzene rings is 1. The molecule has 0 saturated carbocycles. The van der Waals surface area contributed by atoms with Gasteiger partial charge in [0.2, 0.25) is 0 Å². The molecule has 0 fully saturated rings. The van der Waals surface area contributed by atoms with Crippen molar-refractivity contribution in [1.82, 2.24) is 15.5 Å². The number of methoxy groups -OCH3 is 1. The molecule has 0 aliphatic rings. The van der Waals surface area contributed by atoms with E-state index in [2.05, 4.69) is 15.5 Å². The van der Waals surface area contributed by atoms with Gasteiger partial charge in [-0.2, -0.15) is 4.98 Å². The molecule has 0 unspecified atom stereocenters. The van der Waals surface area contributed by atoms with Gasteiger partial charge in [0.25, 0.3) is 11.8 Å². The van der Waals surface area contributed by atoms with Crippen molar-refractivity contribution in [2.75, 3.05) is 13.7 Å². The van der Waals surface area contributed by atoms with Gasteiger partial charge in [0.15, 0.2) is 5.82 Å². The van der Waals surface area contributed by atoms with E-state index >= 15 is 0 Å². The topological polar surface area (TPSA) is 77.2 Å². The van der Waals surface area contributed by atoms with Crippen molar-refractivity contribution in [2.24, 2.45) is 0 Å². The first-order valence-corrected chi connectivity index (χ1v) is 8.10. The molecule has 1 amide bonds. The van der Waals surface area contributed by atoms with E-state index in [0.29, 0.717) is 29.4 Å². The van der Waals surface area contributed by atoms with Gasteiger partial charge in [-0.25, -0.2) is 0 Å². The maximum Gasteiger partial charge on any atom is 0.258 e. The largest absolute Gasteiger partial charge is 0.383 e. The highest BCUT2D eigenvalue weighted by Crippen LogP contribution is 2.26. The number of aromatic nitrogens is 2. The summed E-state index contributed by atoms with van der Waals surface area (Å²) in [6, 6.07) is 7.19. The summed E-state index contributed by atoms with van der Waals surface area (Å²) in [6.45, 7) is 8.51. The van der Waals surface area contributed by atoms with Gasteiger partial charge in [0.1, 0.15) is 0 Å². The van der Waals surface area contributed by atoms with E-state index < -0.39 is 0 Å². The molecule has 1 N–H and O–H groups in total. The first-order chi connectivity index (χ1) is 11.4. The lowest BCUT2D eigenvalue weighted by atomic mass is 9.96. The average Bonchev–Trinajstić information content (AvgIpc) is 3.04. The summed E-state index contributed by atoms with van der Waals surface area (Å²) in [5.74, 6) is 0.786. The molecule has 0 aliphatic carbocycles. The Balaban J connectivity index is 2.30. The van der Waals surface area contributed by atoms with Crippen LogP contribution in [-0.4, -0.2) is 35.8 Å². The van der Waals surface area contributed by atoms with Crippen molar-refractivity contribution in [2.45, 2.75) is 45.6 Å². The van der Waals surface area contributed by atoms with Gasteiger partial charge in [-0.1, -0.05) is 45.0 Å². The van der Waals surface area contributed by atoms with Crippen LogP contribution in [-0.2, 0) is 10.2 Å². The smallest absolute Gasteiger partial charge is 0.258 e. The van der Waals surface area contributed by atoms with Crippen molar-refractivity contribution in [1.29, 1.82) is 0 Å². The highest BCUT2D eigenvalue weighted by molar-refractivity contribution is 6.00. The maximum atomic E-state index is 12.6. The molecule has 0 saturated heterocycles. The van der Waals surface area contributed by atoms with Gasteiger partial charge in [0.05, 0.1) is 23.8 Å². The number of ether oxygens (including phenoxy) is 1. The summed E-state index contributed by atoms with van der Waals surface area (Å²) in [5, 5.41) is 7.01. The number of nitrogens with one attached hydrogen (secondary N) is 1. The number of hydrogen-bond donors (Lipinski definition) is 1. The molecule has 2 rings (SSSR count). The minimum atomic E-state index is -0.218. The van der Waals surface area contributed by atoms with Crippen LogP contribution in [0.3, 0.4) is 0 Å². The van der Waals surface area contributed by atoms with Gasteiger partial charge in [-0.3, -0.25) is 4.79 Å². The summed E-state index contributed by atoms with van der Waals surface area (Å²) in [6.07, 6.45) is 0.788. The van der Waals surface area contributed by atoms with E-state index in [4.69, 9.17) is 9.26 Å². The van der Waals surface area contributed by atoms with Crippen molar-refractivity contribution in [3.05, 3.63) is 35.7 Å². The second kappa shape index (κ2) is 7.57. The SMILES string of the molecule is CC[C@@H](COC)NC(=O)c1ccccc1-c1nc(C(C)(C)C)no1. The Hall–Kier alpha value is -2.21. The number of carbonyl (C=O) groups excluding carboxylic acids is 1. The molecular weight excluding hydrogens is 306 g/mol. The minimum absolute atomic E-state index is 0.0385. The van der Waals surface area contributed by atoms with E-state index in [1.165, 1.54) is 0 Å². The van der Waals surface area contributed by atoms with Crippen LogP contribution in [0.2, 0.25) is 0 Å². The lowest BCUT2D eigenvalue weighted by molar-refractivity contribution is 0.0895. The molecule has 0 aliphatic heterocycles. The Morgan fingerprint density at radius 3 is 2.62 bits per heavy atom. The Morgan fingerprint density at radius 1 is 1.33 bits per heavy atom. The van der Waals surface area contributed by atoms with Gasteiger partial charge >= 0.3 is 0 Å². The third-order valence-corrected chi connectivity index (χ3v) is 3.69. The van der Waals surface area contributed by atoms with Gasteiger partial charge in [-0.05, 0) is 18.6 Å². The van der Waals surface area contributed by atoms with Crippen molar-refractivity contribution < 1.29 is 14.1 Å². The normalized spacial score (nSPS) is 12.9. The van der Waals surface area contributed by atoms with Crippen LogP contribution in [0.25, 0.3) is 11.5 Å². The summed E-state index contributed by atoms with van der Waals surface area (Å²) in [7, 11) is 1.62. The zero-order chi connectivity index (χ0) is 17.7. The Bertz CT molecular complexity index is 689. The van der Waals surface area contributed by atoms with Crippen LogP contribution in [0.1, 0.15) is 50.3 Å². The first kappa shape index (κ1) is 18.1. The number of carbonyl (C=O) groups is 1. The van der Waals surface area contributed by atoms with E-state index in [0.717, 1.165) is 6.42 Å². The predicted octanol–water partition coefficient (Wildman–Crippen LogP) is 3.19. The minimum Gasteiger partial charge on any atom is -0.383 e. The number of hydrogen-bond acceptors (Lipinski definition) is 5. The lowest BCUT2D eigenvalue weighted by Gasteiger charge is -2.16. The molecule has 0 spiro atoms. The fraction of sp³-hybridized carbons (Fsp3) is 0.500. The Morgan fingerprint density at radius 2 is 2.04 bits per heavy atom. The van der Waals surface area contributed by atoms with Crippen LogP contribution in [0.5, 0.6) is 0 Å². The molecule has 1 aromatic heterocycles. The summed E-state index contributed by atoms with van der Waals surface area (Å²) < 4.78 is 10.5. The van der Waals surface area contributed by atoms with Crippen LogP contribution in [0.4, 0.5) is 0 Å². The van der Waals surface area contributed by atoms with E-state index in [1.54, 1.807) is 13.2 Å². The second-order valence-corrected chi connectivity index (χ2v) is 6.75. The van der Waals surface area contributed by atoms with E-state index in [9.17, 15) is 4.79 Å². The van der Waals surface area contributed by atoms with Crippen LogP contribution >= 0.6 is 0 Å². The third kappa shape index (κ3) is 4.20. The van der Waals surface area contributed by atoms with Crippen molar-refractivity contribution in [3.8, 4) is 11.5 Å². The molecule has 1 atom stereocenters. The highest BCUT2D eigenvalue weighted by atomic mass is 16.5. The maximum absolute atomic E-state index is 12.6.